The highest BCUT2D eigenvalue weighted by Gasteiger charge is 2.27. The van der Waals surface area contributed by atoms with E-state index in [1.54, 1.807) is 0 Å². The fraction of sp³-hybridized carbons (Fsp3) is 0.333. The van der Waals surface area contributed by atoms with Crippen molar-refractivity contribution in [2.24, 2.45) is 4.99 Å². The van der Waals surface area contributed by atoms with Crippen LogP contribution in [0.2, 0.25) is 0 Å². The highest BCUT2D eigenvalue weighted by Crippen LogP contribution is 2.33. The number of nitrogens with two attached hydrogens (primary N) is 2. The Balaban J connectivity index is 2.16. The van der Waals surface area contributed by atoms with Crippen molar-refractivity contribution in [2.75, 3.05) is 16.8 Å². The molecule has 6 heteroatoms. The minimum absolute atomic E-state index is 0.0791. The maximum absolute atomic E-state index is 13.0. The third kappa shape index (κ3) is 4.95. The van der Waals surface area contributed by atoms with Crippen LogP contribution in [0.25, 0.3) is 0 Å². The molecule has 0 saturated carbocycles. The van der Waals surface area contributed by atoms with E-state index in [1.165, 1.54) is 6.08 Å². The molecule has 1 aliphatic carbocycles. The number of carbonyl (C=O) groups is 1. The van der Waals surface area contributed by atoms with Crippen molar-refractivity contribution in [3.8, 4) is 0 Å². The summed E-state index contributed by atoms with van der Waals surface area (Å²) in [6.45, 7) is 9.97. The zero-order valence-electron chi connectivity index (χ0n) is 20.2. The maximum Gasteiger partial charge on any atom is 0.208 e. The monoisotopic (exact) mass is 446 g/mol. The van der Waals surface area contributed by atoms with Crippen LogP contribution < -0.4 is 16.8 Å². The Kier molecular flexibility index (Phi) is 7.26. The molecule has 33 heavy (non-hydrogen) atoms. The number of rotatable bonds is 7. The number of benzene rings is 2. The van der Waals surface area contributed by atoms with Crippen LogP contribution in [0.5, 0.6) is 0 Å². The molecule has 0 spiro atoms. The van der Waals surface area contributed by atoms with E-state index >= 15 is 0 Å². The Morgan fingerprint density at radius 2 is 1.55 bits per heavy atom. The summed E-state index contributed by atoms with van der Waals surface area (Å²) >= 11 is 0. The summed E-state index contributed by atoms with van der Waals surface area (Å²) in [5.41, 5.74) is 20.5. The Morgan fingerprint density at radius 3 is 2.21 bits per heavy atom. The van der Waals surface area contributed by atoms with E-state index in [9.17, 15) is 9.90 Å². The predicted octanol–water partition coefficient (Wildman–Crippen LogP) is 6.13. The smallest absolute Gasteiger partial charge is 0.208 e. The summed E-state index contributed by atoms with van der Waals surface area (Å²) in [7, 11) is 0. The number of carbonyl (C=O) groups excluding carboxylic acids is 1. The molecule has 0 heterocycles. The standard InChI is InChI=1S/C27H34N4O2/c1-6-7-8-9-19-26(30-22-12-10-20(28)15(2)17(22)4)24(32)14-25(33)27(19)31-23-13-11-21(29)16(3)18(23)5/h10-14,30,32H,6-9,28-29H2,1-5H3. The quantitative estimate of drug-likeness (QED) is 0.232. The van der Waals surface area contributed by atoms with Crippen molar-refractivity contribution >= 4 is 34.2 Å². The van der Waals surface area contributed by atoms with Crippen molar-refractivity contribution in [3.05, 3.63) is 69.6 Å². The van der Waals surface area contributed by atoms with Crippen LogP contribution in [0.1, 0.15) is 54.9 Å². The van der Waals surface area contributed by atoms with Gasteiger partial charge in [-0.15, -0.1) is 0 Å². The highest BCUT2D eigenvalue weighted by atomic mass is 16.3. The van der Waals surface area contributed by atoms with Crippen molar-refractivity contribution in [3.63, 3.8) is 0 Å². The largest absolute Gasteiger partial charge is 0.506 e. The van der Waals surface area contributed by atoms with Gasteiger partial charge < -0.3 is 21.9 Å². The summed E-state index contributed by atoms with van der Waals surface area (Å²) in [6.07, 6.45) is 4.81. The first-order valence-corrected chi connectivity index (χ1v) is 11.4. The van der Waals surface area contributed by atoms with Crippen molar-refractivity contribution in [1.29, 1.82) is 0 Å². The first-order valence-electron chi connectivity index (χ1n) is 11.4. The molecular formula is C27H34N4O2. The fourth-order valence-corrected chi connectivity index (χ4v) is 3.92. The zero-order chi connectivity index (χ0) is 24.3. The SMILES string of the molecule is CCCCCC1=C(Nc2ccc(N)c(C)c2C)C(O)=CC(=O)C1=Nc1ccc(N)c(C)c1C. The van der Waals surface area contributed by atoms with E-state index in [-0.39, 0.29) is 11.5 Å². The average Bonchev–Trinajstić information content (AvgIpc) is 2.78. The Morgan fingerprint density at radius 1 is 0.909 bits per heavy atom. The second-order valence-electron chi connectivity index (χ2n) is 8.67. The minimum Gasteiger partial charge on any atom is -0.506 e. The molecule has 6 nitrogen and oxygen atoms in total. The third-order valence-corrected chi connectivity index (χ3v) is 6.50. The molecule has 3 rings (SSSR count). The molecule has 0 aliphatic heterocycles. The summed E-state index contributed by atoms with van der Waals surface area (Å²) in [5.74, 6) is -0.381. The number of ketones is 1. The van der Waals surface area contributed by atoms with Crippen molar-refractivity contribution in [2.45, 2.75) is 60.3 Å². The Bertz CT molecular complexity index is 1190. The van der Waals surface area contributed by atoms with Gasteiger partial charge in [-0.3, -0.25) is 4.79 Å². The summed E-state index contributed by atoms with van der Waals surface area (Å²) in [5, 5.41) is 14.2. The summed E-state index contributed by atoms with van der Waals surface area (Å²) < 4.78 is 0. The number of hydrogen-bond donors (Lipinski definition) is 4. The summed E-state index contributed by atoms with van der Waals surface area (Å²) in [6, 6.07) is 7.37. The average molecular weight is 447 g/mol. The number of nitrogen functional groups attached to an aromatic ring is 2. The molecule has 0 bridgehead atoms. The van der Waals surface area contributed by atoms with Crippen LogP contribution in [0, 0.1) is 27.7 Å². The molecule has 0 atom stereocenters. The number of hydrogen-bond acceptors (Lipinski definition) is 6. The number of aliphatic imine (C=N–C) groups is 1. The van der Waals surface area contributed by atoms with Gasteiger partial charge in [-0.05, 0) is 87.1 Å². The minimum atomic E-state index is -0.302. The van der Waals surface area contributed by atoms with Crippen LogP contribution in [-0.2, 0) is 4.79 Å². The molecular weight excluding hydrogens is 412 g/mol. The number of allylic oxidation sites excluding steroid dienone is 2. The molecule has 0 amide bonds. The maximum atomic E-state index is 13.0. The molecule has 2 aromatic rings. The van der Waals surface area contributed by atoms with E-state index in [1.807, 2.05) is 52.0 Å². The molecule has 0 aromatic heterocycles. The van der Waals surface area contributed by atoms with Gasteiger partial charge in [0.25, 0.3) is 0 Å². The van der Waals surface area contributed by atoms with Crippen molar-refractivity contribution < 1.29 is 9.90 Å². The number of nitrogens with zero attached hydrogens (tertiary/aromatic N) is 1. The molecule has 2 aromatic carbocycles. The lowest BCUT2D eigenvalue weighted by Crippen LogP contribution is -2.25. The fourth-order valence-electron chi connectivity index (χ4n) is 3.92. The molecule has 0 saturated heterocycles. The van der Waals surface area contributed by atoms with Gasteiger partial charge >= 0.3 is 0 Å². The van der Waals surface area contributed by atoms with Crippen LogP contribution in [-0.4, -0.2) is 16.6 Å². The van der Waals surface area contributed by atoms with Crippen LogP contribution in [0.15, 0.2) is 52.4 Å². The lowest BCUT2D eigenvalue weighted by molar-refractivity contribution is -0.109. The van der Waals surface area contributed by atoms with Gasteiger partial charge in [-0.1, -0.05) is 19.8 Å². The van der Waals surface area contributed by atoms with Gasteiger partial charge in [0.1, 0.15) is 11.5 Å². The van der Waals surface area contributed by atoms with Gasteiger partial charge in [0, 0.05) is 28.7 Å². The molecule has 0 unspecified atom stereocenters. The van der Waals surface area contributed by atoms with E-state index in [0.29, 0.717) is 34.9 Å². The lowest BCUT2D eigenvalue weighted by atomic mass is 9.92. The van der Waals surface area contributed by atoms with E-state index in [0.717, 1.165) is 52.8 Å². The van der Waals surface area contributed by atoms with Gasteiger partial charge in [-0.2, -0.15) is 0 Å². The Hall–Kier alpha value is -3.54. The topological polar surface area (TPSA) is 114 Å². The molecule has 6 N–H and O–H groups in total. The van der Waals surface area contributed by atoms with Crippen LogP contribution >= 0.6 is 0 Å². The first-order chi connectivity index (χ1) is 15.6. The van der Waals surface area contributed by atoms with Crippen molar-refractivity contribution in [1.82, 2.24) is 0 Å². The number of aliphatic hydroxyl groups excluding tert-OH is 1. The molecule has 0 radical (unpaired) electrons. The van der Waals surface area contributed by atoms with Gasteiger partial charge in [0.15, 0.2) is 0 Å². The van der Waals surface area contributed by atoms with E-state index < -0.39 is 0 Å². The van der Waals surface area contributed by atoms with E-state index in [4.69, 9.17) is 16.5 Å². The number of unbranched alkanes of at least 4 members (excludes halogenated alkanes) is 2. The third-order valence-electron chi connectivity index (χ3n) is 6.50. The van der Waals surface area contributed by atoms with E-state index in [2.05, 4.69) is 12.2 Å². The highest BCUT2D eigenvalue weighted by molar-refractivity contribution is 6.51. The normalized spacial score (nSPS) is 15.2. The number of nitrogens with one attached hydrogen (secondary N) is 1. The first kappa shape index (κ1) is 24.1. The molecule has 174 valence electrons. The second kappa shape index (κ2) is 9.94. The van der Waals surface area contributed by atoms with Crippen LogP contribution in [0.4, 0.5) is 22.7 Å². The molecule has 1 aliphatic rings. The summed E-state index contributed by atoms with van der Waals surface area (Å²) in [4.78, 5) is 17.8. The van der Waals surface area contributed by atoms with Gasteiger partial charge in [-0.25, -0.2) is 4.99 Å². The number of aliphatic hydroxyl groups is 1. The zero-order valence-corrected chi connectivity index (χ0v) is 20.2. The Labute approximate surface area is 196 Å². The van der Waals surface area contributed by atoms with Crippen LogP contribution in [0.3, 0.4) is 0 Å². The second-order valence-corrected chi connectivity index (χ2v) is 8.67. The van der Waals surface area contributed by atoms with Gasteiger partial charge in [0.05, 0.1) is 11.4 Å². The predicted molar refractivity (Wildman–Crippen MR) is 138 cm³/mol. The van der Waals surface area contributed by atoms with Gasteiger partial charge in [0.2, 0.25) is 5.78 Å². The molecule has 0 fully saturated rings. The lowest BCUT2D eigenvalue weighted by Gasteiger charge is -2.23. The number of anilines is 3.